The Kier molecular flexibility index (Phi) is 4.85. The zero-order valence-electron chi connectivity index (χ0n) is 10.8. The van der Waals surface area contributed by atoms with Crippen LogP contribution in [0.1, 0.15) is 12.7 Å². The molecule has 0 aliphatic carbocycles. The first kappa shape index (κ1) is 15.1. The topological polar surface area (TPSA) is 68.5 Å². The van der Waals surface area contributed by atoms with E-state index in [1.165, 1.54) is 18.4 Å². The molecule has 0 bridgehead atoms. The Morgan fingerprint density at radius 1 is 1.35 bits per heavy atom. The lowest BCUT2D eigenvalue weighted by Crippen LogP contribution is -2.23. The highest BCUT2D eigenvalue weighted by atomic mass is 79.9. The fourth-order valence-corrected chi connectivity index (χ4v) is 2.95. The molecule has 0 aliphatic rings. The third-order valence-electron chi connectivity index (χ3n) is 2.53. The fourth-order valence-electron chi connectivity index (χ4n) is 1.58. The van der Waals surface area contributed by atoms with Gasteiger partial charge in [0.2, 0.25) is 10.0 Å². The second-order valence-corrected chi connectivity index (χ2v) is 6.55. The number of rotatable bonds is 6. The summed E-state index contributed by atoms with van der Waals surface area (Å²) in [5, 5.41) is 0. The Labute approximate surface area is 126 Å². The monoisotopic (exact) mass is 359 g/mol. The molecule has 0 spiro atoms. The van der Waals surface area contributed by atoms with Gasteiger partial charge < -0.3 is 9.15 Å². The maximum Gasteiger partial charge on any atom is 0.241 e. The van der Waals surface area contributed by atoms with E-state index in [1.807, 2.05) is 6.92 Å². The van der Waals surface area contributed by atoms with Crippen LogP contribution < -0.4 is 9.46 Å². The van der Waals surface area contributed by atoms with Crippen LogP contribution in [0.15, 0.2) is 50.4 Å². The number of benzene rings is 1. The molecule has 2 rings (SSSR count). The average Bonchev–Trinajstić information content (AvgIpc) is 2.92. The number of nitrogens with one attached hydrogen (secondary N) is 1. The molecule has 7 heteroatoms. The molecule has 0 fully saturated rings. The summed E-state index contributed by atoms with van der Waals surface area (Å²) in [7, 11) is -3.60. The van der Waals surface area contributed by atoms with E-state index in [2.05, 4.69) is 20.7 Å². The first-order valence-electron chi connectivity index (χ1n) is 5.97. The van der Waals surface area contributed by atoms with Crippen molar-refractivity contribution >= 4 is 26.0 Å². The van der Waals surface area contributed by atoms with Crippen LogP contribution >= 0.6 is 15.9 Å². The molecule has 2 aromatic rings. The summed E-state index contributed by atoms with van der Waals surface area (Å²) in [5.41, 5.74) is 0. The van der Waals surface area contributed by atoms with E-state index in [4.69, 9.17) is 9.15 Å². The lowest BCUT2D eigenvalue weighted by molar-refractivity contribution is 0.337. The number of furan rings is 1. The van der Waals surface area contributed by atoms with Crippen molar-refractivity contribution in [3.8, 4) is 5.75 Å². The predicted octanol–water partition coefficient (Wildman–Crippen LogP) is 2.92. The van der Waals surface area contributed by atoms with Crippen molar-refractivity contribution in [1.82, 2.24) is 4.72 Å². The molecule has 0 radical (unpaired) electrons. The van der Waals surface area contributed by atoms with E-state index in [-0.39, 0.29) is 11.4 Å². The number of hydrogen-bond acceptors (Lipinski definition) is 4. The summed E-state index contributed by atoms with van der Waals surface area (Å²) in [6.07, 6.45) is 1.50. The number of ether oxygens (including phenoxy) is 1. The third kappa shape index (κ3) is 3.62. The lowest BCUT2D eigenvalue weighted by Gasteiger charge is -2.09. The van der Waals surface area contributed by atoms with Crippen LogP contribution in [0.2, 0.25) is 0 Å². The predicted molar refractivity (Wildman–Crippen MR) is 78.0 cm³/mol. The van der Waals surface area contributed by atoms with Crippen molar-refractivity contribution in [2.24, 2.45) is 0 Å². The number of hydrogen-bond donors (Lipinski definition) is 1. The fraction of sp³-hybridized carbons (Fsp3) is 0.231. The quantitative estimate of drug-likeness (QED) is 0.860. The summed E-state index contributed by atoms with van der Waals surface area (Å²) in [6, 6.07) is 8.05. The Bertz CT molecular complexity index is 668. The molecule has 1 N–H and O–H groups in total. The van der Waals surface area contributed by atoms with Gasteiger partial charge in [-0.15, -0.1) is 0 Å². The van der Waals surface area contributed by atoms with Gasteiger partial charge in [-0.2, -0.15) is 0 Å². The number of sulfonamides is 1. The molecule has 1 aromatic carbocycles. The zero-order chi connectivity index (χ0) is 14.6. The molecule has 108 valence electrons. The number of halogens is 1. The highest BCUT2D eigenvalue weighted by molar-refractivity contribution is 9.10. The van der Waals surface area contributed by atoms with Crippen LogP contribution in [0.25, 0.3) is 0 Å². The SMILES string of the molecule is CCOc1cc(S(=O)(=O)NCc2ccco2)ccc1Br. The second kappa shape index (κ2) is 6.43. The molecule has 0 aliphatic heterocycles. The molecule has 5 nitrogen and oxygen atoms in total. The van der Waals surface area contributed by atoms with Gasteiger partial charge in [-0.3, -0.25) is 0 Å². The van der Waals surface area contributed by atoms with Crippen molar-refractivity contribution in [3.63, 3.8) is 0 Å². The minimum atomic E-state index is -3.60. The molecule has 1 aromatic heterocycles. The van der Waals surface area contributed by atoms with E-state index in [1.54, 1.807) is 18.2 Å². The summed E-state index contributed by atoms with van der Waals surface area (Å²) in [6.45, 7) is 2.40. The maximum absolute atomic E-state index is 12.2. The van der Waals surface area contributed by atoms with E-state index in [9.17, 15) is 8.42 Å². The van der Waals surface area contributed by atoms with Crippen LogP contribution in [-0.2, 0) is 16.6 Å². The van der Waals surface area contributed by atoms with Gasteiger partial charge in [0.05, 0.1) is 28.8 Å². The summed E-state index contributed by atoms with van der Waals surface area (Å²) in [5.74, 6) is 1.05. The largest absolute Gasteiger partial charge is 0.493 e. The first-order chi connectivity index (χ1) is 9.53. The molecular formula is C13H14BrNO4S. The molecule has 1 heterocycles. The molecule has 0 atom stereocenters. The summed E-state index contributed by atoms with van der Waals surface area (Å²) < 4.78 is 38.0. The smallest absolute Gasteiger partial charge is 0.241 e. The third-order valence-corrected chi connectivity index (χ3v) is 4.58. The molecule has 0 saturated heterocycles. The van der Waals surface area contributed by atoms with E-state index in [0.717, 1.165) is 0 Å². The molecule has 0 saturated carbocycles. The van der Waals surface area contributed by atoms with Gasteiger partial charge in [0, 0.05) is 6.07 Å². The Hall–Kier alpha value is -1.31. The van der Waals surface area contributed by atoms with Gasteiger partial charge in [0.1, 0.15) is 11.5 Å². The summed E-state index contributed by atoms with van der Waals surface area (Å²) >= 11 is 3.31. The Balaban J connectivity index is 2.18. The van der Waals surface area contributed by atoms with Crippen molar-refractivity contribution < 1.29 is 17.6 Å². The van der Waals surface area contributed by atoms with Gasteiger partial charge in [0.25, 0.3) is 0 Å². The van der Waals surface area contributed by atoms with E-state index < -0.39 is 10.0 Å². The van der Waals surface area contributed by atoms with Crippen molar-refractivity contribution in [2.75, 3.05) is 6.61 Å². The minimum Gasteiger partial charge on any atom is -0.493 e. The molecular weight excluding hydrogens is 346 g/mol. The van der Waals surface area contributed by atoms with Gasteiger partial charge in [-0.1, -0.05) is 0 Å². The Morgan fingerprint density at radius 2 is 2.15 bits per heavy atom. The Morgan fingerprint density at radius 3 is 2.80 bits per heavy atom. The van der Waals surface area contributed by atoms with E-state index in [0.29, 0.717) is 22.6 Å². The van der Waals surface area contributed by atoms with Gasteiger partial charge >= 0.3 is 0 Å². The second-order valence-electron chi connectivity index (χ2n) is 3.93. The van der Waals surface area contributed by atoms with Crippen LogP contribution in [0.4, 0.5) is 0 Å². The molecule has 20 heavy (non-hydrogen) atoms. The highest BCUT2D eigenvalue weighted by Gasteiger charge is 2.16. The van der Waals surface area contributed by atoms with Crippen molar-refractivity contribution in [1.29, 1.82) is 0 Å². The van der Waals surface area contributed by atoms with Crippen molar-refractivity contribution in [3.05, 3.63) is 46.8 Å². The lowest BCUT2D eigenvalue weighted by atomic mass is 10.3. The summed E-state index contributed by atoms with van der Waals surface area (Å²) in [4.78, 5) is 0.149. The molecule has 0 unspecified atom stereocenters. The van der Waals surface area contributed by atoms with Crippen LogP contribution in [0.3, 0.4) is 0 Å². The zero-order valence-corrected chi connectivity index (χ0v) is 13.2. The maximum atomic E-state index is 12.2. The minimum absolute atomic E-state index is 0.107. The average molecular weight is 360 g/mol. The first-order valence-corrected chi connectivity index (χ1v) is 8.25. The molecule has 0 amide bonds. The van der Waals surface area contributed by atoms with E-state index >= 15 is 0 Å². The van der Waals surface area contributed by atoms with Crippen molar-refractivity contribution in [2.45, 2.75) is 18.4 Å². The van der Waals surface area contributed by atoms with Gasteiger partial charge in [-0.25, -0.2) is 13.1 Å². The van der Waals surface area contributed by atoms with Crippen LogP contribution in [0, 0.1) is 0 Å². The van der Waals surface area contributed by atoms with Gasteiger partial charge in [-0.05, 0) is 47.1 Å². The standard InChI is InChI=1S/C13H14BrNO4S/c1-2-18-13-8-11(5-6-12(13)14)20(16,17)15-9-10-4-3-7-19-10/h3-8,15H,2,9H2,1H3. The van der Waals surface area contributed by atoms with Crippen LogP contribution in [0.5, 0.6) is 5.75 Å². The van der Waals surface area contributed by atoms with Crippen LogP contribution in [-0.4, -0.2) is 15.0 Å². The van der Waals surface area contributed by atoms with Gasteiger partial charge in [0.15, 0.2) is 0 Å². The highest BCUT2D eigenvalue weighted by Crippen LogP contribution is 2.27. The normalized spacial score (nSPS) is 11.5.